The first-order valence-corrected chi connectivity index (χ1v) is 5.95. The molecule has 0 fully saturated rings. The number of aromatic amines is 1. The molecule has 0 aliphatic carbocycles. The first-order chi connectivity index (χ1) is 9.34. The zero-order valence-electron chi connectivity index (χ0n) is 10.1. The molecule has 1 amide bonds. The van der Waals surface area contributed by atoms with Crippen LogP contribution in [0.15, 0.2) is 48.9 Å². The normalized spacial score (nSPS) is 10.5. The highest BCUT2D eigenvalue weighted by Gasteiger charge is 2.11. The van der Waals surface area contributed by atoms with E-state index in [-0.39, 0.29) is 5.91 Å². The molecule has 94 valence electrons. The minimum Gasteiger partial charge on any atom is -0.346 e. The van der Waals surface area contributed by atoms with Crippen molar-refractivity contribution in [1.29, 1.82) is 0 Å². The SMILES string of the molecule is O=C(NCc1ccccn1)c1c[nH]c2ncccc12. The van der Waals surface area contributed by atoms with Crippen molar-refractivity contribution >= 4 is 16.9 Å². The van der Waals surface area contributed by atoms with Gasteiger partial charge in [0.15, 0.2) is 0 Å². The van der Waals surface area contributed by atoms with Crippen molar-refractivity contribution in [1.82, 2.24) is 20.3 Å². The smallest absolute Gasteiger partial charge is 0.253 e. The Hall–Kier alpha value is -2.69. The Balaban J connectivity index is 1.77. The van der Waals surface area contributed by atoms with Gasteiger partial charge in [-0.05, 0) is 24.3 Å². The molecule has 3 aromatic heterocycles. The molecule has 0 unspecified atom stereocenters. The second kappa shape index (κ2) is 4.89. The van der Waals surface area contributed by atoms with Crippen LogP contribution in [0.3, 0.4) is 0 Å². The molecule has 0 saturated carbocycles. The summed E-state index contributed by atoms with van der Waals surface area (Å²) >= 11 is 0. The fourth-order valence-corrected chi connectivity index (χ4v) is 1.91. The Morgan fingerprint density at radius 1 is 1.16 bits per heavy atom. The Bertz CT molecular complexity index is 706. The topological polar surface area (TPSA) is 70.7 Å². The summed E-state index contributed by atoms with van der Waals surface area (Å²) in [7, 11) is 0. The van der Waals surface area contributed by atoms with E-state index in [9.17, 15) is 4.79 Å². The summed E-state index contributed by atoms with van der Waals surface area (Å²) in [6.07, 6.45) is 5.07. The number of rotatable bonds is 3. The number of aromatic nitrogens is 3. The molecule has 0 radical (unpaired) electrons. The van der Waals surface area contributed by atoms with Crippen LogP contribution in [0.25, 0.3) is 11.0 Å². The van der Waals surface area contributed by atoms with Crippen LogP contribution in [0.2, 0.25) is 0 Å². The molecule has 0 aliphatic rings. The number of nitrogens with zero attached hydrogens (tertiary/aromatic N) is 2. The van der Waals surface area contributed by atoms with E-state index < -0.39 is 0 Å². The van der Waals surface area contributed by atoms with E-state index in [1.165, 1.54) is 0 Å². The fraction of sp³-hybridized carbons (Fsp3) is 0.0714. The Labute approximate surface area is 109 Å². The van der Waals surface area contributed by atoms with E-state index in [2.05, 4.69) is 20.3 Å². The van der Waals surface area contributed by atoms with E-state index in [0.29, 0.717) is 17.8 Å². The summed E-state index contributed by atoms with van der Waals surface area (Å²) in [5.74, 6) is -0.134. The molecule has 2 N–H and O–H groups in total. The van der Waals surface area contributed by atoms with Gasteiger partial charge in [-0.1, -0.05) is 6.07 Å². The predicted octanol–water partition coefficient (Wildman–Crippen LogP) is 1.89. The summed E-state index contributed by atoms with van der Waals surface area (Å²) in [5, 5.41) is 3.66. The van der Waals surface area contributed by atoms with E-state index >= 15 is 0 Å². The average Bonchev–Trinajstić information content (AvgIpc) is 2.90. The molecule has 0 bridgehead atoms. The second-order valence-electron chi connectivity index (χ2n) is 4.11. The van der Waals surface area contributed by atoms with Gasteiger partial charge >= 0.3 is 0 Å². The molecule has 5 heteroatoms. The van der Waals surface area contributed by atoms with Crippen LogP contribution >= 0.6 is 0 Å². The number of pyridine rings is 2. The van der Waals surface area contributed by atoms with Crippen molar-refractivity contribution in [2.75, 3.05) is 0 Å². The van der Waals surface area contributed by atoms with Crippen molar-refractivity contribution in [3.05, 3.63) is 60.2 Å². The van der Waals surface area contributed by atoms with Gasteiger partial charge in [0, 0.05) is 24.0 Å². The van der Waals surface area contributed by atoms with E-state index in [0.717, 1.165) is 11.1 Å². The third-order valence-electron chi connectivity index (χ3n) is 2.85. The number of amides is 1. The number of H-pyrrole nitrogens is 1. The quantitative estimate of drug-likeness (QED) is 0.747. The highest BCUT2D eigenvalue weighted by molar-refractivity contribution is 6.05. The molecule has 3 aromatic rings. The molecule has 0 aromatic carbocycles. The van der Waals surface area contributed by atoms with Gasteiger partial charge in [-0.15, -0.1) is 0 Å². The lowest BCUT2D eigenvalue weighted by atomic mass is 10.2. The number of hydrogen-bond acceptors (Lipinski definition) is 3. The highest BCUT2D eigenvalue weighted by atomic mass is 16.1. The van der Waals surface area contributed by atoms with Crippen LogP contribution < -0.4 is 5.32 Å². The van der Waals surface area contributed by atoms with Gasteiger partial charge in [0.05, 0.1) is 17.8 Å². The van der Waals surface area contributed by atoms with Crippen molar-refractivity contribution in [3.8, 4) is 0 Å². The predicted molar refractivity (Wildman–Crippen MR) is 71.5 cm³/mol. The Morgan fingerprint density at radius 2 is 2.05 bits per heavy atom. The van der Waals surface area contributed by atoms with E-state index in [4.69, 9.17) is 0 Å². The number of fused-ring (bicyclic) bond motifs is 1. The molecule has 0 aliphatic heterocycles. The second-order valence-corrected chi connectivity index (χ2v) is 4.11. The third-order valence-corrected chi connectivity index (χ3v) is 2.85. The van der Waals surface area contributed by atoms with Crippen LogP contribution in [-0.4, -0.2) is 20.9 Å². The van der Waals surface area contributed by atoms with Gasteiger partial charge in [0.1, 0.15) is 5.65 Å². The van der Waals surface area contributed by atoms with Crippen LogP contribution in [0.1, 0.15) is 16.1 Å². The first kappa shape index (κ1) is 11.4. The standard InChI is InChI=1S/C14H12N4O/c19-14(18-8-10-4-1-2-6-15-10)12-9-17-13-11(12)5-3-7-16-13/h1-7,9H,8H2,(H,16,17)(H,18,19). The van der Waals surface area contributed by atoms with Gasteiger partial charge < -0.3 is 10.3 Å². The monoisotopic (exact) mass is 252 g/mol. The third kappa shape index (κ3) is 2.30. The van der Waals surface area contributed by atoms with Crippen molar-refractivity contribution in [2.45, 2.75) is 6.54 Å². The molecule has 19 heavy (non-hydrogen) atoms. The van der Waals surface area contributed by atoms with Crippen molar-refractivity contribution in [3.63, 3.8) is 0 Å². The Morgan fingerprint density at radius 3 is 2.89 bits per heavy atom. The minimum absolute atomic E-state index is 0.134. The average molecular weight is 252 g/mol. The van der Waals surface area contributed by atoms with E-state index in [1.807, 2.05) is 30.3 Å². The van der Waals surface area contributed by atoms with Crippen LogP contribution in [-0.2, 0) is 6.54 Å². The molecule has 0 saturated heterocycles. The van der Waals surface area contributed by atoms with Gasteiger partial charge in [-0.25, -0.2) is 4.98 Å². The number of hydrogen-bond donors (Lipinski definition) is 2. The lowest BCUT2D eigenvalue weighted by Gasteiger charge is -2.03. The zero-order chi connectivity index (χ0) is 13.1. The first-order valence-electron chi connectivity index (χ1n) is 5.95. The maximum atomic E-state index is 12.1. The minimum atomic E-state index is -0.134. The van der Waals surface area contributed by atoms with Crippen molar-refractivity contribution < 1.29 is 4.79 Å². The van der Waals surface area contributed by atoms with Gasteiger partial charge in [-0.2, -0.15) is 0 Å². The maximum Gasteiger partial charge on any atom is 0.253 e. The summed E-state index contributed by atoms with van der Waals surface area (Å²) in [5.41, 5.74) is 2.14. The lowest BCUT2D eigenvalue weighted by molar-refractivity contribution is 0.0952. The molecular formula is C14H12N4O. The van der Waals surface area contributed by atoms with E-state index in [1.54, 1.807) is 18.6 Å². The fourth-order valence-electron chi connectivity index (χ4n) is 1.91. The number of carbonyl (C=O) groups is 1. The molecule has 3 heterocycles. The number of nitrogens with one attached hydrogen (secondary N) is 2. The van der Waals surface area contributed by atoms with Gasteiger partial charge in [0.2, 0.25) is 0 Å². The largest absolute Gasteiger partial charge is 0.346 e. The summed E-state index contributed by atoms with van der Waals surface area (Å²) < 4.78 is 0. The molecule has 0 atom stereocenters. The van der Waals surface area contributed by atoms with Crippen LogP contribution in [0.4, 0.5) is 0 Å². The van der Waals surface area contributed by atoms with Crippen LogP contribution in [0, 0.1) is 0 Å². The lowest BCUT2D eigenvalue weighted by Crippen LogP contribution is -2.22. The molecule has 5 nitrogen and oxygen atoms in total. The maximum absolute atomic E-state index is 12.1. The number of carbonyl (C=O) groups excluding carboxylic acids is 1. The summed E-state index contributed by atoms with van der Waals surface area (Å²) in [6.45, 7) is 0.409. The molecule has 3 rings (SSSR count). The van der Waals surface area contributed by atoms with Gasteiger partial charge in [0.25, 0.3) is 5.91 Å². The summed E-state index contributed by atoms with van der Waals surface area (Å²) in [4.78, 5) is 23.4. The summed E-state index contributed by atoms with van der Waals surface area (Å²) in [6, 6.07) is 9.29. The van der Waals surface area contributed by atoms with Gasteiger partial charge in [-0.3, -0.25) is 9.78 Å². The Kier molecular flexibility index (Phi) is 2.94. The zero-order valence-corrected chi connectivity index (χ0v) is 10.1. The van der Waals surface area contributed by atoms with Crippen LogP contribution in [0.5, 0.6) is 0 Å². The molecular weight excluding hydrogens is 240 g/mol. The molecule has 0 spiro atoms. The highest BCUT2D eigenvalue weighted by Crippen LogP contribution is 2.15. The van der Waals surface area contributed by atoms with Crippen molar-refractivity contribution in [2.24, 2.45) is 0 Å².